The van der Waals surface area contributed by atoms with Crippen LogP contribution in [0.3, 0.4) is 0 Å². The predicted molar refractivity (Wildman–Crippen MR) is 74.0 cm³/mol. The fourth-order valence-corrected chi connectivity index (χ4v) is 1.97. The first-order chi connectivity index (χ1) is 8.81. The molecule has 0 aliphatic carbocycles. The molecule has 18 heavy (non-hydrogen) atoms. The van der Waals surface area contributed by atoms with Gasteiger partial charge >= 0.3 is 0 Å². The molecule has 0 saturated heterocycles. The molecule has 96 valence electrons. The number of nitrogens with one attached hydrogen (secondary N) is 2. The van der Waals surface area contributed by atoms with Crippen molar-refractivity contribution in [1.29, 1.82) is 0 Å². The molecule has 0 saturated carbocycles. The summed E-state index contributed by atoms with van der Waals surface area (Å²) in [6.07, 6.45) is 3.00. The van der Waals surface area contributed by atoms with Crippen molar-refractivity contribution >= 4 is 17.4 Å². The number of amides is 1. The molecular weight excluding hydrogens is 226 g/mol. The highest BCUT2D eigenvalue weighted by Crippen LogP contribution is 2.15. The molecule has 4 heteroatoms. The van der Waals surface area contributed by atoms with Crippen molar-refractivity contribution in [2.45, 2.75) is 26.2 Å². The Morgan fingerprint density at radius 1 is 1.39 bits per heavy atom. The summed E-state index contributed by atoms with van der Waals surface area (Å²) < 4.78 is 0. The molecule has 1 aromatic carbocycles. The maximum atomic E-state index is 12.1. The number of aliphatic imine (C=N–C) groups is 1. The Hall–Kier alpha value is -1.84. The van der Waals surface area contributed by atoms with Crippen LogP contribution in [0.15, 0.2) is 29.3 Å². The van der Waals surface area contributed by atoms with E-state index in [4.69, 9.17) is 0 Å². The van der Waals surface area contributed by atoms with Gasteiger partial charge in [-0.05, 0) is 30.9 Å². The fourth-order valence-electron chi connectivity index (χ4n) is 1.97. The van der Waals surface area contributed by atoms with Crippen molar-refractivity contribution < 1.29 is 4.79 Å². The molecule has 4 nitrogen and oxygen atoms in total. The van der Waals surface area contributed by atoms with Crippen LogP contribution in [0.1, 0.15) is 25.3 Å². The highest BCUT2D eigenvalue weighted by Gasteiger charge is 2.13. The van der Waals surface area contributed by atoms with E-state index in [1.54, 1.807) is 0 Å². The molecular formula is C14H19N3O. The van der Waals surface area contributed by atoms with Crippen LogP contribution in [-0.4, -0.2) is 24.8 Å². The zero-order valence-corrected chi connectivity index (χ0v) is 10.7. The second kappa shape index (κ2) is 6.19. The number of para-hydroxylation sites is 1. The van der Waals surface area contributed by atoms with Gasteiger partial charge in [-0.2, -0.15) is 0 Å². The molecule has 1 aromatic rings. The second-order valence-electron chi connectivity index (χ2n) is 4.33. The van der Waals surface area contributed by atoms with E-state index in [2.05, 4.69) is 22.5 Å². The molecule has 0 atom stereocenters. The lowest BCUT2D eigenvalue weighted by Crippen LogP contribution is -2.35. The molecule has 1 amide bonds. The predicted octanol–water partition coefficient (Wildman–Crippen LogP) is 1.97. The van der Waals surface area contributed by atoms with Gasteiger partial charge in [0.2, 0.25) is 0 Å². The van der Waals surface area contributed by atoms with Crippen molar-refractivity contribution in [2.75, 3.05) is 18.4 Å². The molecule has 0 spiro atoms. The van der Waals surface area contributed by atoms with Crippen molar-refractivity contribution in [2.24, 2.45) is 4.99 Å². The van der Waals surface area contributed by atoms with Gasteiger partial charge in [-0.15, -0.1) is 0 Å². The van der Waals surface area contributed by atoms with Crippen molar-refractivity contribution in [3.8, 4) is 0 Å². The standard InChI is InChI=1S/C14H19N3O/c1-2-11-7-3-4-8-12(11)17-14(18)13-15-9-5-6-10-16-13/h3-4,7-8H,2,5-6,9-10H2,1H3,(H,15,16)(H,17,18). The number of hydrogen-bond acceptors (Lipinski definition) is 3. The summed E-state index contributed by atoms with van der Waals surface area (Å²) in [6, 6.07) is 7.86. The molecule has 0 unspecified atom stereocenters. The number of aryl methyl sites for hydroxylation is 1. The number of nitrogens with zero attached hydrogens (tertiary/aromatic N) is 1. The number of rotatable bonds is 3. The molecule has 1 heterocycles. The van der Waals surface area contributed by atoms with E-state index in [-0.39, 0.29) is 5.91 Å². The number of anilines is 1. The quantitative estimate of drug-likeness (QED) is 0.855. The van der Waals surface area contributed by atoms with Gasteiger partial charge in [-0.1, -0.05) is 25.1 Å². The summed E-state index contributed by atoms with van der Waals surface area (Å²) in [5.74, 6) is 0.316. The average Bonchev–Trinajstić information content (AvgIpc) is 2.68. The first-order valence-corrected chi connectivity index (χ1v) is 6.49. The van der Waals surface area contributed by atoms with Crippen LogP contribution in [0, 0.1) is 0 Å². The summed E-state index contributed by atoms with van der Waals surface area (Å²) in [4.78, 5) is 16.4. The lowest BCUT2D eigenvalue weighted by molar-refractivity contribution is -0.110. The van der Waals surface area contributed by atoms with Gasteiger partial charge in [0.25, 0.3) is 5.91 Å². The number of benzene rings is 1. The lowest BCUT2D eigenvalue weighted by Gasteiger charge is -2.11. The number of hydrogen-bond donors (Lipinski definition) is 2. The van der Waals surface area contributed by atoms with Crippen LogP contribution in [0.2, 0.25) is 0 Å². The number of carbonyl (C=O) groups is 1. The zero-order valence-electron chi connectivity index (χ0n) is 10.7. The topological polar surface area (TPSA) is 53.5 Å². The third kappa shape index (κ3) is 3.09. The summed E-state index contributed by atoms with van der Waals surface area (Å²) in [6.45, 7) is 3.62. The molecule has 2 N–H and O–H groups in total. The minimum atomic E-state index is -0.141. The number of amidine groups is 1. The SMILES string of the molecule is CCc1ccccc1NC(=O)C1=NCCCCN1. The minimum absolute atomic E-state index is 0.141. The second-order valence-corrected chi connectivity index (χ2v) is 4.33. The van der Waals surface area contributed by atoms with Crippen LogP contribution in [-0.2, 0) is 11.2 Å². The Morgan fingerprint density at radius 3 is 3.06 bits per heavy atom. The number of carbonyl (C=O) groups excluding carboxylic acids is 1. The zero-order chi connectivity index (χ0) is 12.8. The third-order valence-corrected chi connectivity index (χ3v) is 3.01. The van der Waals surface area contributed by atoms with Crippen LogP contribution < -0.4 is 10.6 Å². The van der Waals surface area contributed by atoms with E-state index < -0.39 is 0 Å². The molecule has 0 bridgehead atoms. The Bertz CT molecular complexity index is 454. The molecule has 1 aliphatic heterocycles. The van der Waals surface area contributed by atoms with Crippen LogP contribution in [0.4, 0.5) is 5.69 Å². The fraction of sp³-hybridized carbons (Fsp3) is 0.429. The van der Waals surface area contributed by atoms with Crippen molar-refractivity contribution in [3.05, 3.63) is 29.8 Å². The van der Waals surface area contributed by atoms with Gasteiger partial charge in [0.05, 0.1) is 0 Å². The normalized spacial score (nSPS) is 15.3. The van der Waals surface area contributed by atoms with Gasteiger partial charge in [-0.3, -0.25) is 9.79 Å². The molecule has 2 rings (SSSR count). The van der Waals surface area contributed by atoms with Crippen molar-refractivity contribution in [1.82, 2.24) is 5.32 Å². The molecule has 0 fully saturated rings. The summed E-state index contributed by atoms with van der Waals surface area (Å²) >= 11 is 0. The first-order valence-electron chi connectivity index (χ1n) is 6.49. The first kappa shape index (κ1) is 12.6. The molecule has 0 radical (unpaired) electrons. The highest BCUT2D eigenvalue weighted by molar-refractivity contribution is 6.42. The van der Waals surface area contributed by atoms with Gasteiger partial charge < -0.3 is 10.6 Å². The maximum absolute atomic E-state index is 12.1. The summed E-state index contributed by atoms with van der Waals surface area (Å²) in [5.41, 5.74) is 2.01. The minimum Gasteiger partial charge on any atom is -0.366 e. The molecule has 0 aromatic heterocycles. The Morgan fingerprint density at radius 2 is 2.22 bits per heavy atom. The summed E-state index contributed by atoms with van der Waals surface area (Å²) in [7, 11) is 0. The average molecular weight is 245 g/mol. The Balaban J connectivity index is 2.08. The van der Waals surface area contributed by atoms with E-state index in [1.165, 1.54) is 0 Å². The highest BCUT2D eigenvalue weighted by atomic mass is 16.2. The van der Waals surface area contributed by atoms with Crippen LogP contribution >= 0.6 is 0 Å². The third-order valence-electron chi connectivity index (χ3n) is 3.01. The Labute approximate surface area is 108 Å². The monoisotopic (exact) mass is 245 g/mol. The van der Waals surface area contributed by atoms with E-state index in [0.717, 1.165) is 43.6 Å². The largest absolute Gasteiger partial charge is 0.366 e. The van der Waals surface area contributed by atoms with E-state index >= 15 is 0 Å². The van der Waals surface area contributed by atoms with Crippen LogP contribution in [0.25, 0.3) is 0 Å². The smallest absolute Gasteiger partial charge is 0.290 e. The molecule has 1 aliphatic rings. The van der Waals surface area contributed by atoms with Crippen molar-refractivity contribution in [3.63, 3.8) is 0 Å². The van der Waals surface area contributed by atoms with Gasteiger partial charge in [0, 0.05) is 18.8 Å². The van der Waals surface area contributed by atoms with Crippen LogP contribution in [0.5, 0.6) is 0 Å². The Kier molecular flexibility index (Phi) is 4.34. The van der Waals surface area contributed by atoms with Gasteiger partial charge in [-0.25, -0.2) is 0 Å². The van der Waals surface area contributed by atoms with Gasteiger partial charge in [0.1, 0.15) is 0 Å². The summed E-state index contributed by atoms with van der Waals surface area (Å²) in [5, 5.41) is 6.00. The lowest BCUT2D eigenvalue weighted by atomic mass is 10.1. The maximum Gasteiger partial charge on any atom is 0.290 e. The van der Waals surface area contributed by atoms with Gasteiger partial charge in [0.15, 0.2) is 5.84 Å². The van der Waals surface area contributed by atoms with E-state index in [0.29, 0.717) is 5.84 Å². The van der Waals surface area contributed by atoms with E-state index in [9.17, 15) is 4.79 Å². The van der Waals surface area contributed by atoms with E-state index in [1.807, 2.05) is 24.3 Å².